The number of fused-ring (bicyclic) bond motifs is 1. The highest BCUT2D eigenvalue weighted by molar-refractivity contribution is 7.98. The van der Waals surface area contributed by atoms with Crippen LogP contribution in [0.4, 0.5) is 4.39 Å². The van der Waals surface area contributed by atoms with Crippen molar-refractivity contribution in [3.05, 3.63) is 84.0 Å². The van der Waals surface area contributed by atoms with Gasteiger partial charge in [-0.2, -0.15) is 0 Å². The lowest BCUT2D eigenvalue weighted by molar-refractivity contribution is 0.181. The zero-order valence-corrected chi connectivity index (χ0v) is 15.4. The van der Waals surface area contributed by atoms with Crippen LogP contribution in [0.5, 0.6) is 5.75 Å². The number of rotatable bonds is 6. The van der Waals surface area contributed by atoms with E-state index < -0.39 is 6.10 Å². The highest BCUT2D eigenvalue weighted by Gasteiger charge is 2.16. The average molecular weight is 380 g/mol. The fourth-order valence-corrected chi connectivity index (χ4v) is 3.54. The second-order valence-corrected chi connectivity index (χ2v) is 6.97. The van der Waals surface area contributed by atoms with Gasteiger partial charge in [0.2, 0.25) is 0 Å². The molecule has 1 aromatic heterocycles. The van der Waals surface area contributed by atoms with Crippen LogP contribution >= 0.6 is 11.8 Å². The summed E-state index contributed by atoms with van der Waals surface area (Å²) in [6, 6.07) is 20.4. The highest BCUT2D eigenvalue weighted by Crippen LogP contribution is 2.28. The van der Waals surface area contributed by atoms with Crippen molar-refractivity contribution in [3.63, 3.8) is 0 Å². The highest BCUT2D eigenvalue weighted by atomic mass is 32.2. The van der Waals surface area contributed by atoms with Gasteiger partial charge in [0.15, 0.2) is 6.10 Å². The van der Waals surface area contributed by atoms with Crippen molar-refractivity contribution < 1.29 is 13.5 Å². The Morgan fingerprint density at radius 3 is 2.63 bits per heavy atom. The lowest BCUT2D eigenvalue weighted by Crippen LogP contribution is -2.03. The predicted molar refractivity (Wildman–Crippen MR) is 103 cm³/mol. The Hall–Kier alpha value is -2.86. The number of hydrogen-bond acceptors (Lipinski definition) is 5. The van der Waals surface area contributed by atoms with Gasteiger partial charge in [-0.05, 0) is 47.5 Å². The molecule has 1 heterocycles. The van der Waals surface area contributed by atoms with E-state index in [1.165, 1.54) is 40.2 Å². The molecule has 1 atom stereocenters. The molecule has 0 aliphatic carbocycles. The van der Waals surface area contributed by atoms with Crippen molar-refractivity contribution in [2.45, 2.75) is 24.0 Å². The quantitative estimate of drug-likeness (QED) is 0.396. The molecular formula is C21H17FN2O2S. The van der Waals surface area contributed by atoms with Crippen LogP contribution in [0.3, 0.4) is 0 Å². The van der Waals surface area contributed by atoms with Gasteiger partial charge in [0.1, 0.15) is 11.6 Å². The van der Waals surface area contributed by atoms with Crippen molar-refractivity contribution in [3.8, 4) is 5.75 Å². The molecule has 0 saturated carbocycles. The number of nitrogens with zero attached hydrogens (tertiary/aromatic N) is 2. The lowest BCUT2D eigenvalue weighted by atomic mass is 10.1. The van der Waals surface area contributed by atoms with Crippen LogP contribution in [0, 0.1) is 5.82 Å². The van der Waals surface area contributed by atoms with Gasteiger partial charge < -0.3 is 9.15 Å². The van der Waals surface area contributed by atoms with Crippen molar-refractivity contribution in [2.24, 2.45) is 0 Å². The summed E-state index contributed by atoms with van der Waals surface area (Å²) in [5.41, 5.74) is 1.22. The van der Waals surface area contributed by atoms with Crippen LogP contribution < -0.4 is 4.74 Å². The molecule has 4 rings (SSSR count). The Labute approximate surface area is 160 Å². The zero-order valence-electron chi connectivity index (χ0n) is 14.6. The molecule has 6 heteroatoms. The summed E-state index contributed by atoms with van der Waals surface area (Å²) in [7, 11) is 0. The van der Waals surface area contributed by atoms with E-state index in [-0.39, 0.29) is 5.82 Å². The Morgan fingerprint density at radius 2 is 1.78 bits per heavy atom. The Kier molecular flexibility index (Phi) is 5.07. The second kappa shape index (κ2) is 7.80. The molecule has 27 heavy (non-hydrogen) atoms. The van der Waals surface area contributed by atoms with Gasteiger partial charge in [0, 0.05) is 5.75 Å². The van der Waals surface area contributed by atoms with E-state index in [1.807, 2.05) is 19.1 Å². The third-order valence-electron chi connectivity index (χ3n) is 4.13. The first-order chi connectivity index (χ1) is 13.2. The van der Waals surface area contributed by atoms with Gasteiger partial charge >= 0.3 is 0 Å². The van der Waals surface area contributed by atoms with Crippen molar-refractivity contribution in [1.29, 1.82) is 0 Å². The van der Waals surface area contributed by atoms with Crippen molar-refractivity contribution in [2.75, 3.05) is 0 Å². The molecule has 0 fully saturated rings. The van der Waals surface area contributed by atoms with Crippen LogP contribution in [0.1, 0.15) is 24.5 Å². The molecule has 4 nitrogen and oxygen atoms in total. The van der Waals surface area contributed by atoms with Gasteiger partial charge in [-0.15, -0.1) is 10.2 Å². The van der Waals surface area contributed by atoms with E-state index in [0.29, 0.717) is 16.9 Å². The third kappa shape index (κ3) is 4.11. The standard InChI is InChI=1S/C21H17FN2O2S/c1-14(25-18-11-9-17(22)10-12-18)20-23-24-21(26-20)27-13-16-7-4-6-15-5-2-3-8-19(15)16/h2-12,14H,13H2,1H3/t14-/m1/s1. The monoisotopic (exact) mass is 380 g/mol. The molecule has 0 amide bonds. The molecule has 0 aliphatic heterocycles. The second-order valence-electron chi connectivity index (χ2n) is 6.05. The number of thioether (sulfide) groups is 1. The molecule has 0 aliphatic rings. The van der Waals surface area contributed by atoms with Crippen LogP contribution in [0.25, 0.3) is 10.8 Å². The number of hydrogen-bond donors (Lipinski definition) is 0. The first-order valence-electron chi connectivity index (χ1n) is 8.54. The number of halogens is 1. The third-order valence-corrected chi connectivity index (χ3v) is 4.99. The summed E-state index contributed by atoms with van der Waals surface area (Å²) in [6.07, 6.45) is -0.421. The first kappa shape index (κ1) is 17.5. The minimum absolute atomic E-state index is 0.306. The summed E-state index contributed by atoms with van der Waals surface area (Å²) in [4.78, 5) is 0. The Balaban J connectivity index is 1.42. The summed E-state index contributed by atoms with van der Waals surface area (Å²) >= 11 is 1.49. The molecule has 0 spiro atoms. The van der Waals surface area contributed by atoms with E-state index in [9.17, 15) is 4.39 Å². The van der Waals surface area contributed by atoms with Gasteiger partial charge in [-0.3, -0.25) is 0 Å². The number of benzene rings is 3. The van der Waals surface area contributed by atoms with E-state index in [2.05, 4.69) is 40.5 Å². The molecule has 0 bridgehead atoms. The lowest BCUT2D eigenvalue weighted by Gasteiger charge is -2.10. The topological polar surface area (TPSA) is 48.2 Å². The summed E-state index contributed by atoms with van der Waals surface area (Å²) < 4.78 is 24.4. The van der Waals surface area contributed by atoms with E-state index >= 15 is 0 Å². The average Bonchev–Trinajstić information content (AvgIpc) is 3.17. The fraction of sp³-hybridized carbons (Fsp3) is 0.143. The van der Waals surface area contributed by atoms with Gasteiger partial charge in [-0.1, -0.05) is 54.2 Å². The number of aromatic nitrogens is 2. The summed E-state index contributed by atoms with van der Waals surface area (Å²) in [5.74, 6) is 1.36. The van der Waals surface area contributed by atoms with E-state index in [0.717, 1.165) is 5.75 Å². The number of ether oxygens (including phenoxy) is 1. The van der Waals surface area contributed by atoms with E-state index in [1.54, 1.807) is 12.1 Å². The minimum Gasteiger partial charge on any atom is -0.481 e. The molecule has 3 aromatic carbocycles. The maximum Gasteiger partial charge on any atom is 0.277 e. The molecule has 0 saturated heterocycles. The first-order valence-corrected chi connectivity index (χ1v) is 9.52. The van der Waals surface area contributed by atoms with Crippen molar-refractivity contribution >= 4 is 22.5 Å². The molecule has 0 radical (unpaired) electrons. The maximum atomic E-state index is 13.0. The van der Waals surface area contributed by atoms with E-state index in [4.69, 9.17) is 9.15 Å². The molecular weight excluding hydrogens is 363 g/mol. The predicted octanol–water partition coefficient (Wildman–Crippen LogP) is 5.79. The normalized spacial score (nSPS) is 12.2. The Morgan fingerprint density at radius 1 is 1.00 bits per heavy atom. The zero-order chi connectivity index (χ0) is 18.6. The van der Waals surface area contributed by atoms with Crippen molar-refractivity contribution in [1.82, 2.24) is 10.2 Å². The van der Waals surface area contributed by atoms with Crippen LogP contribution in [-0.4, -0.2) is 10.2 Å². The molecule has 0 unspecified atom stereocenters. The Bertz CT molecular complexity index is 1040. The summed E-state index contributed by atoms with van der Waals surface area (Å²) in [5, 5.41) is 11.1. The largest absolute Gasteiger partial charge is 0.481 e. The molecule has 136 valence electrons. The van der Waals surface area contributed by atoms with Gasteiger partial charge in [-0.25, -0.2) is 4.39 Å². The smallest absolute Gasteiger partial charge is 0.277 e. The van der Waals surface area contributed by atoms with Gasteiger partial charge in [0.25, 0.3) is 11.1 Å². The fourth-order valence-electron chi connectivity index (χ4n) is 2.77. The van der Waals surface area contributed by atoms with Gasteiger partial charge in [0.05, 0.1) is 0 Å². The molecule has 4 aromatic rings. The molecule has 0 N–H and O–H groups in total. The maximum absolute atomic E-state index is 13.0. The van der Waals surface area contributed by atoms with Crippen LogP contribution in [0.2, 0.25) is 0 Å². The SMILES string of the molecule is C[C@@H](Oc1ccc(F)cc1)c1nnc(SCc2cccc3ccccc23)o1. The van der Waals surface area contributed by atoms with Crippen LogP contribution in [0.15, 0.2) is 76.4 Å². The van der Waals surface area contributed by atoms with Crippen LogP contribution in [-0.2, 0) is 5.75 Å². The summed E-state index contributed by atoms with van der Waals surface area (Å²) in [6.45, 7) is 1.82. The minimum atomic E-state index is -0.421.